The van der Waals surface area contributed by atoms with Gasteiger partial charge < -0.3 is 10.2 Å². The lowest BCUT2D eigenvalue weighted by Gasteiger charge is -2.38. The second-order valence-corrected chi connectivity index (χ2v) is 9.58. The van der Waals surface area contributed by atoms with Crippen LogP contribution in [0.15, 0.2) is 29.2 Å². The van der Waals surface area contributed by atoms with Gasteiger partial charge in [0.1, 0.15) is 0 Å². The third kappa shape index (κ3) is 5.23. The number of benzene rings is 1. The minimum atomic E-state index is -3.17. The van der Waals surface area contributed by atoms with Crippen molar-refractivity contribution in [2.75, 3.05) is 39.5 Å². The predicted molar refractivity (Wildman–Crippen MR) is 100 cm³/mol. The molecule has 1 aromatic carbocycles. The number of piperidine rings is 1. The lowest BCUT2D eigenvalue weighted by Crippen LogP contribution is -2.58. The average molecular weight is 385 g/mol. The van der Waals surface area contributed by atoms with Crippen LogP contribution in [0.3, 0.4) is 0 Å². The zero-order valence-electron chi connectivity index (χ0n) is 15.4. The number of piperazine rings is 1. The molecule has 26 heavy (non-hydrogen) atoms. The van der Waals surface area contributed by atoms with Crippen molar-refractivity contribution in [3.8, 4) is 0 Å². The van der Waals surface area contributed by atoms with Gasteiger partial charge in [-0.25, -0.2) is 12.8 Å². The van der Waals surface area contributed by atoms with E-state index in [1.54, 1.807) is 12.1 Å². The van der Waals surface area contributed by atoms with Crippen LogP contribution in [0.4, 0.5) is 4.39 Å². The van der Waals surface area contributed by atoms with E-state index in [1.165, 1.54) is 6.26 Å². The Labute approximate surface area is 155 Å². The summed E-state index contributed by atoms with van der Waals surface area (Å²) >= 11 is 0. The van der Waals surface area contributed by atoms with Gasteiger partial charge in [0.25, 0.3) is 0 Å². The molecular weight excluding hydrogens is 355 g/mol. The van der Waals surface area contributed by atoms with Crippen LogP contribution in [0.1, 0.15) is 24.4 Å². The summed E-state index contributed by atoms with van der Waals surface area (Å²) in [6, 6.07) is 7.25. The SMILES string of the molecule is CN1CC(NCC2CCC(F)NC2)NC(c2ccc(S(C)(=O)=O)cc2)C1. The lowest BCUT2D eigenvalue weighted by atomic mass is 9.98. The number of rotatable bonds is 5. The number of hydrogen-bond acceptors (Lipinski definition) is 6. The number of alkyl halides is 1. The molecule has 0 saturated carbocycles. The second kappa shape index (κ2) is 8.31. The molecule has 6 nitrogen and oxygen atoms in total. The molecule has 0 bridgehead atoms. The molecule has 0 spiro atoms. The quantitative estimate of drug-likeness (QED) is 0.655. The third-order valence-electron chi connectivity index (χ3n) is 5.21. The molecule has 0 aromatic heterocycles. The van der Waals surface area contributed by atoms with E-state index in [4.69, 9.17) is 0 Å². The van der Waals surface area contributed by atoms with Gasteiger partial charge >= 0.3 is 0 Å². The normalized spacial score (nSPS) is 31.0. The van der Waals surface area contributed by atoms with Crippen molar-refractivity contribution in [1.29, 1.82) is 0 Å². The molecule has 3 N–H and O–H groups in total. The Hall–Kier alpha value is -1.06. The van der Waals surface area contributed by atoms with Gasteiger partial charge in [0.15, 0.2) is 16.1 Å². The number of likely N-dealkylation sites (N-methyl/N-ethyl adjacent to an activating group) is 1. The van der Waals surface area contributed by atoms with E-state index >= 15 is 0 Å². The van der Waals surface area contributed by atoms with Crippen LogP contribution >= 0.6 is 0 Å². The van der Waals surface area contributed by atoms with Crippen molar-refractivity contribution >= 4 is 9.84 Å². The van der Waals surface area contributed by atoms with Gasteiger partial charge in [-0.05, 0) is 43.5 Å². The smallest absolute Gasteiger partial charge is 0.175 e. The Morgan fingerprint density at radius 2 is 1.96 bits per heavy atom. The summed E-state index contributed by atoms with van der Waals surface area (Å²) in [7, 11) is -1.09. The Balaban J connectivity index is 1.57. The van der Waals surface area contributed by atoms with E-state index in [0.717, 1.165) is 31.6 Å². The van der Waals surface area contributed by atoms with Crippen molar-refractivity contribution < 1.29 is 12.8 Å². The molecule has 2 fully saturated rings. The molecule has 8 heteroatoms. The summed E-state index contributed by atoms with van der Waals surface area (Å²) in [6.07, 6.45) is 2.00. The highest BCUT2D eigenvalue weighted by atomic mass is 32.2. The van der Waals surface area contributed by atoms with E-state index < -0.39 is 16.1 Å². The molecule has 0 radical (unpaired) electrons. The Bertz CT molecular complexity index is 690. The molecule has 0 aliphatic carbocycles. The molecule has 2 aliphatic rings. The van der Waals surface area contributed by atoms with Gasteiger partial charge in [-0.3, -0.25) is 10.6 Å². The van der Waals surface area contributed by atoms with Gasteiger partial charge in [-0.2, -0.15) is 0 Å². The first-order valence-electron chi connectivity index (χ1n) is 9.16. The van der Waals surface area contributed by atoms with Crippen LogP contribution in [-0.2, 0) is 9.84 Å². The summed E-state index contributed by atoms with van der Waals surface area (Å²) in [6.45, 7) is 3.33. The van der Waals surface area contributed by atoms with Crippen molar-refractivity contribution in [3.63, 3.8) is 0 Å². The molecule has 1 aromatic rings. The largest absolute Gasteiger partial charge is 0.302 e. The molecular formula is C18H29FN4O2S. The van der Waals surface area contributed by atoms with Crippen LogP contribution in [-0.4, -0.2) is 65.3 Å². The molecule has 3 rings (SSSR count). The van der Waals surface area contributed by atoms with E-state index in [1.807, 2.05) is 12.1 Å². The van der Waals surface area contributed by atoms with E-state index in [9.17, 15) is 12.8 Å². The summed E-state index contributed by atoms with van der Waals surface area (Å²) < 4.78 is 36.4. The highest BCUT2D eigenvalue weighted by Crippen LogP contribution is 2.21. The fraction of sp³-hybridized carbons (Fsp3) is 0.667. The molecule has 146 valence electrons. The Morgan fingerprint density at radius 3 is 2.58 bits per heavy atom. The molecule has 2 heterocycles. The maximum atomic E-state index is 13.2. The lowest BCUT2D eigenvalue weighted by molar-refractivity contribution is 0.152. The highest BCUT2D eigenvalue weighted by molar-refractivity contribution is 7.90. The monoisotopic (exact) mass is 384 g/mol. The third-order valence-corrected chi connectivity index (χ3v) is 6.34. The summed E-state index contributed by atoms with van der Waals surface area (Å²) in [5.41, 5.74) is 1.08. The predicted octanol–water partition coefficient (Wildman–Crippen LogP) is 0.877. The maximum absolute atomic E-state index is 13.2. The number of nitrogens with zero attached hydrogens (tertiary/aromatic N) is 1. The minimum absolute atomic E-state index is 0.138. The minimum Gasteiger partial charge on any atom is -0.302 e. The van der Waals surface area contributed by atoms with Crippen LogP contribution < -0.4 is 16.0 Å². The zero-order valence-corrected chi connectivity index (χ0v) is 16.2. The zero-order chi connectivity index (χ0) is 18.7. The summed E-state index contributed by atoms with van der Waals surface area (Å²) in [5, 5.41) is 10.1. The van der Waals surface area contributed by atoms with Crippen molar-refractivity contribution in [1.82, 2.24) is 20.9 Å². The van der Waals surface area contributed by atoms with Crippen molar-refractivity contribution in [3.05, 3.63) is 29.8 Å². The summed E-state index contributed by atoms with van der Waals surface area (Å²) in [4.78, 5) is 2.61. The van der Waals surface area contributed by atoms with Gasteiger partial charge in [0.05, 0.1) is 11.1 Å². The van der Waals surface area contributed by atoms with E-state index in [-0.39, 0.29) is 12.2 Å². The first-order valence-corrected chi connectivity index (χ1v) is 11.1. The molecule has 0 amide bonds. The average Bonchev–Trinajstić information content (AvgIpc) is 2.60. The highest BCUT2D eigenvalue weighted by Gasteiger charge is 2.27. The van der Waals surface area contributed by atoms with Crippen LogP contribution in [0.5, 0.6) is 0 Å². The first kappa shape index (κ1) is 19.7. The molecule has 4 atom stereocenters. The first-order chi connectivity index (χ1) is 12.3. The number of hydrogen-bond donors (Lipinski definition) is 3. The standard InChI is InChI=1S/C18H29FN4O2S/c1-23-11-16(14-4-6-15(7-5-14)26(2,24)25)22-18(12-23)21-10-13-3-8-17(19)20-9-13/h4-7,13,16-18,20-22H,3,8-12H2,1-2H3. The number of sulfone groups is 1. The molecule has 2 aliphatic heterocycles. The Morgan fingerprint density at radius 1 is 1.23 bits per heavy atom. The second-order valence-electron chi connectivity index (χ2n) is 7.56. The van der Waals surface area contributed by atoms with Crippen LogP contribution in [0.25, 0.3) is 0 Å². The van der Waals surface area contributed by atoms with Gasteiger partial charge in [-0.1, -0.05) is 12.1 Å². The number of halogens is 1. The van der Waals surface area contributed by atoms with Crippen LogP contribution in [0.2, 0.25) is 0 Å². The van der Waals surface area contributed by atoms with Gasteiger partial charge in [0.2, 0.25) is 0 Å². The topological polar surface area (TPSA) is 73.5 Å². The van der Waals surface area contributed by atoms with Crippen LogP contribution in [0, 0.1) is 5.92 Å². The fourth-order valence-electron chi connectivity index (χ4n) is 3.68. The van der Waals surface area contributed by atoms with Crippen molar-refractivity contribution in [2.45, 2.75) is 36.2 Å². The molecule has 4 unspecified atom stereocenters. The van der Waals surface area contributed by atoms with Gasteiger partial charge in [0, 0.05) is 38.5 Å². The summed E-state index contributed by atoms with van der Waals surface area (Å²) in [5.74, 6) is 0.448. The Kier molecular flexibility index (Phi) is 6.29. The fourth-order valence-corrected chi connectivity index (χ4v) is 4.31. The number of nitrogens with one attached hydrogen (secondary N) is 3. The van der Waals surface area contributed by atoms with E-state index in [0.29, 0.717) is 23.8 Å². The van der Waals surface area contributed by atoms with E-state index in [2.05, 4.69) is 27.9 Å². The van der Waals surface area contributed by atoms with Gasteiger partial charge in [-0.15, -0.1) is 0 Å². The van der Waals surface area contributed by atoms with Crippen molar-refractivity contribution in [2.24, 2.45) is 5.92 Å². The molecule has 2 saturated heterocycles. The maximum Gasteiger partial charge on any atom is 0.175 e.